The molecule has 7 nitrogen and oxygen atoms in total. The van der Waals surface area contributed by atoms with Gasteiger partial charge in [-0.3, -0.25) is 14.5 Å². The fraction of sp³-hybridized carbons (Fsp3) is 0.568. The molecule has 4 saturated carbocycles. The molecule has 0 spiro atoms. The molecule has 0 saturated heterocycles. The fourth-order valence-corrected chi connectivity index (χ4v) is 9.07. The van der Waals surface area contributed by atoms with E-state index in [2.05, 4.69) is 55.3 Å². The summed E-state index contributed by atoms with van der Waals surface area (Å²) >= 11 is 1.72. The molecule has 2 aromatic heterocycles. The lowest BCUT2D eigenvalue weighted by Gasteiger charge is -2.55. The normalized spacial score (nSPS) is 26.1. The summed E-state index contributed by atoms with van der Waals surface area (Å²) in [6.45, 7) is 8.76. The molecule has 1 aromatic carbocycles. The number of hydrogen-bond acceptors (Lipinski definition) is 6. The molecule has 45 heavy (non-hydrogen) atoms. The van der Waals surface area contributed by atoms with Gasteiger partial charge in [-0.25, -0.2) is 9.97 Å². The average molecular weight is 629 g/mol. The topological polar surface area (TPSA) is 84.4 Å². The van der Waals surface area contributed by atoms with Crippen LogP contribution < -0.4 is 15.0 Å². The summed E-state index contributed by atoms with van der Waals surface area (Å²) in [6, 6.07) is 11.0. The number of fused-ring (bicyclic) bond motifs is 3. The first kappa shape index (κ1) is 31.7. The lowest BCUT2D eigenvalue weighted by Crippen LogP contribution is -2.52. The van der Waals surface area contributed by atoms with Crippen LogP contribution in [-0.2, 0) is 15.0 Å². The average Bonchev–Trinajstić information content (AvgIpc) is 3.56. The van der Waals surface area contributed by atoms with E-state index in [-0.39, 0.29) is 34.6 Å². The Morgan fingerprint density at radius 1 is 1.02 bits per heavy atom. The van der Waals surface area contributed by atoms with Gasteiger partial charge in [-0.1, -0.05) is 26.0 Å². The third-order valence-corrected chi connectivity index (χ3v) is 12.3. The Kier molecular flexibility index (Phi) is 9.06. The standard InChI is InChI=1S/C37H48N4O3S/c1-24(2)34-39-22-32(45-34)28-12-19-38-33(21-28)41(35(43)27-6-9-30(10-7-27)40-26(4)42)23-36-13-16-37(17-14-36,18-15-36)29-8-11-31(44-5)25(3)20-29/h8,11-12,19-22,24,27,30H,6-7,9-10,13-18,23H2,1-5H3,(H,40,42). The Hall–Kier alpha value is -3.26. The molecule has 0 atom stereocenters. The molecule has 0 aliphatic heterocycles. The summed E-state index contributed by atoms with van der Waals surface area (Å²) in [5.41, 5.74) is 4.02. The highest BCUT2D eigenvalue weighted by Crippen LogP contribution is 2.58. The maximum Gasteiger partial charge on any atom is 0.231 e. The minimum absolute atomic E-state index is 0.00526. The van der Waals surface area contributed by atoms with Crippen LogP contribution in [0.15, 0.2) is 42.7 Å². The first-order valence-corrected chi connectivity index (χ1v) is 17.6. The molecular weight excluding hydrogens is 580 g/mol. The van der Waals surface area contributed by atoms with Crippen LogP contribution in [0.2, 0.25) is 0 Å². The molecule has 2 bridgehead atoms. The lowest BCUT2D eigenvalue weighted by molar-refractivity contribution is -0.124. The van der Waals surface area contributed by atoms with Gasteiger partial charge in [0.15, 0.2) is 0 Å². The van der Waals surface area contributed by atoms with Gasteiger partial charge >= 0.3 is 0 Å². The van der Waals surface area contributed by atoms with E-state index < -0.39 is 0 Å². The van der Waals surface area contributed by atoms with Crippen molar-refractivity contribution in [3.63, 3.8) is 0 Å². The predicted molar refractivity (Wildman–Crippen MR) is 181 cm³/mol. The number of hydrogen-bond donors (Lipinski definition) is 1. The smallest absolute Gasteiger partial charge is 0.231 e. The number of aromatic nitrogens is 2. The van der Waals surface area contributed by atoms with Crippen molar-refractivity contribution in [1.82, 2.24) is 15.3 Å². The Labute approximate surface area is 272 Å². The van der Waals surface area contributed by atoms with E-state index in [1.807, 2.05) is 23.4 Å². The second-order valence-electron chi connectivity index (χ2n) is 14.3. The van der Waals surface area contributed by atoms with E-state index in [0.717, 1.165) is 91.2 Å². The molecule has 4 fully saturated rings. The number of aryl methyl sites for hydroxylation is 1. The quantitative estimate of drug-likeness (QED) is 0.260. The Morgan fingerprint density at radius 3 is 2.33 bits per heavy atom. The molecule has 7 rings (SSSR count). The SMILES string of the molecule is COc1ccc(C23CCC(CN(C(=O)C4CCC(NC(C)=O)CC4)c4cc(-c5cnc(C(C)C)s5)ccn4)(CC2)CC3)cc1C. The van der Waals surface area contributed by atoms with Crippen LogP contribution in [0.1, 0.15) is 107 Å². The molecule has 240 valence electrons. The van der Waals surface area contributed by atoms with Gasteiger partial charge in [0.2, 0.25) is 11.8 Å². The first-order chi connectivity index (χ1) is 21.6. The Morgan fingerprint density at radius 2 is 1.73 bits per heavy atom. The van der Waals surface area contributed by atoms with Gasteiger partial charge in [0.1, 0.15) is 11.6 Å². The Bertz CT molecular complexity index is 1520. The van der Waals surface area contributed by atoms with Crippen molar-refractivity contribution in [1.29, 1.82) is 0 Å². The van der Waals surface area contributed by atoms with Crippen LogP contribution in [0.5, 0.6) is 5.75 Å². The number of carbonyl (C=O) groups is 2. The summed E-state index contributed by atoms with van der Waals surface area (Å²) in [5.74, 6) is 2.22. The summed E-state index contributed by atoms with van der Waals surface area (Å²) in [4.78, 5) is 38.8. The highest BCUT2D eigenvalue weighted by molar-refractivity contribution is 7.15. The second kappa shape index (κ2) is 12.9. The van der Waals surface area contributed by atoms with Crippen LogP contribution >= 0.6 is 11.3 Å². The van der Waals surface area contributed by atoms with E-state index in [1.54, 1.807) is 25.4 Å². The molecule has 4 aliphatic carbocycles. The minimum Gasteiger partial charge on any atom is -0.496 e. The van der Waals surface area contributed by atoms with Crippen LogP contribution in [0.25, 0.3) is 10.4 Å². The first-order valence-electron chi connectivity index (χ1n) is 16.8. The largest absolute Gasteiger partial charge is 0.496 e. The number of thiazole rings is 1. The Balaban J connectivity index is 1.25. The van der Waals surface area contributed by atoms with Crippen LogP contribution in [0, 0.1) is 18.3 Å². The van der Waals surface area contributed by atoms with Crippen molar-refractivity contribution in [2.24, 2.45) is 11.3 Å². The van der Waals surface area contributed by atoms with Gasteiger partial charge in [0.05, 0.1) is 17.0 Å². The van der Waals surface area contributed by atoms with Crippen molar-refractivity contribution >= 4 is 29.0 Å². The number of rotatable bonds is 9. The summed E-state index contributed by atoms with van der Waals surface area (Å²) in [5, 5.41) is 4.18. The number of anilines is 1. The highest BCUT2D eigenvalue weighted by atomic mass is 32.1. The van der Waals surface area contributed by atoms with E-state index in [4.69, 9.17) is 9.72 Å². The van der Waals surface area contributed by atoms with Crippen LogP contribution in [0.4, 0.5) is 5.82 Å². The van der Waals surface area contributed by atoms with Gasteiger partial charge in [-0.2, -0.15) is 0 Å². The number of nitrogens with zero attached hydrogens (tertiary/aromatic N) is 3. The maximum atomic E-state index is 14.5. The molecular formula is C37H48N4O3S. The zero-order chi connectivity index (χ0) is 31.8. The molecule has 3 aromatic rings. The number of pyridine rings is 1. The van der Waals surface area contributed by atoms with Crippen LogP contribution in [0.3, 0.4) is 0 Å². The summed E-state index contributed by atoms with van der Waals surface area (Å²) in [7, 11) is 1.74. The molecule has 0 radical (unpaired) electrons. The number of nitrogens with one attached hydrogen (secondary N) is 1. The predicted octanol–water partition coefficient (Wildman–Crippen LogP) is 7.97. The van der Waals surface area contributed by atoms with Crippen molar-refractivity contribution in [2.45, 2.75) is 109 Å². The highest BCUT2D eigenvalue weighted by Gasteiger charge is 2.51. The van der Waals surface area contributed by atoms with Gasteiger partial charge in [0, 0.05) is 43.7 Å². The van der Waals surface area contributed by atoms with E-state index in [1.165, 1.54) is 11.1 Å². The van der Waals surface area contributed by atoms with E-state index in [9.17, 15) is 9.59 Å². The number of carbonyl (C=O) groups excluding carboxylic acids is 2. The fourth-order valence-electron chi connectivity index (χ4n) is 8.15. The van der Waals surface area contributed by atoms with Gasteiger partial charge in [-0.05, 0) is 117 Å². The lowest BCUT2D eigenvalue weighted by atomic mass is 9.51. The summed E-state index contributed by atoms with van der Waals surface area (Å²) in [6.07, 6.45) is 13.9. The van der Waals surface area contributed by atoms with E-state index in [0.29, 0.717) is 12.5 Å². The molecule has 8 heteroatoms. The number of benzene rings is 1. The van der Waals surface area contributed by atoms with Crippen molar-refractivity contribution in [3.05, 3.63) is 58.9 Å². The summed E-state index contributed by atoms with van der Waals surface area (Å²) < 4.78 is 5.54. The monoisotopic (exact) mass is 628 g/mol. The van der Waals surface area contributed by atoms with Crippen molar-refractivity contribution in [2.75, 3.05) is 18.6 Å². The number of ether oxygens (including phenoxy) is 1. The number of methoxy groups -OCH3 is 1. The van der Waals surface area contributed by atoms with Gasteiger partial charge in [0.25, 0.3) is 0 Å². The molecule has 0 unspecified atom stereocenters. The molecule has 2 heterocycles. The van der Waals surface area contributed by atoms with Crippen molar-refractivity contribution < 1.29 is 14.3 Å². The van der Waals surface area contributed by atoms with Crippen LogP contribution in [-0.4, -0.2) is 41.5 Å². The number of amides is 2. The zero-order valence-electron chi connectivity index (χ0n) is 27.5. The zero-order valence-corrected chi connectivity index (χ0v) is 28.3. The maximum absolute atomic E-state index is 14.5. The van der Waals surface area contributed by atoms with E-state index >= 15 is 0 Å². The molecule has 1 N–H and O–H groups in total. The molecule has 4 aliphatic rings. The van der Waals surface area contributed by atoms with Gasteiger partial charge < -0.3 is 10.1 Å². The van der Waals surface area contributed by atoms with Gasteiger partial charge in [-0.15, -0.1) is 11.3 Å². The van der Waals surface area contributed by atoms with Crippen molar-refractivity contribution in [3.8, 4) is 16.2 Å². The second-order valence-corrected chi connectivity index (χ2v) is 15.3. The third kappa shape index (κ3) is 6.53. The third-order valence-electron chi connectivity index (χ3n) is 11.0. The molecule has 2 amide bonds. The minimum atomic E-state index is -0.0543.